The molecular weight excluding hydrogens is 146 g/mol. The van der Waals surface area contributed by atoms with Crippen LogP contribution in [0.25, 0.3) is 0 Å². The van der Waals surface area contributed by atoms with Gasteiger partial charge in [-0.2, -0.15) is 0 Å². The Morgan fingerprint density at radius 3 is 1.91 bits per heavy atom. The normalized spacial score (nSPS) is 22.4. The van der Waals surface area contributed by atoms with Crippen LogP contribution in [0.1, 0.15) is 13.3 Å². The third-order valence-corrected chi connectivity index (χ3v) is 1.88. The summed E-state index contributed by atoms with van der Waals surface area (Å²) in [5, 5.41) is 18.1. The molecule has 0 heterocycles. The Balaban J connectivity index is 4.33. The maximum atomic E-state index is 9.30. The molecule has 0 spiro atoms. The molecule has 0 aliphatic heterocycles. The zero-order chi connectivity index (χ0) is 9.12. The van der Waals surface area contributed by atoms with E-state index in [4.69, 9.17) is 22.3 Å². The van der Waals surface area contributed by atoms with Gasteiger partial charge in [-0.05, 0) is 19.9 Å². The second-order valence-electron chi connectivity index (χ2n) is 3.00. The van der Waals surface area contributed by atoms with E-state index in [0.29, 0.717) is 0 Å². The monoisotopic (exact) mass is 163 g/mol. The number of aliphatic hydroxyl groups excluding tert-OH is 1. The standard InChI is InChI=1S/C6H17N3O2/c1-5(8,11)6(9,4-10)2-3-7/h10-11H,2-4,7-9H2,1H3. The molecule has 0 radical (unpaired) electrons. The second kappa shape index (κ2) is 3.46. The first-order chi connectivity index (χ1) is 4.87. The molecule has 0 aliphatic carbocycles. The zero-order valence-electron chi connectivity index (χ0n) is 6.75. The van der Waals surface area contributed by atoms with Gasteiger partial charge in [-0.15, -0.1) is 0 Å². The first-order valence-corrected chi connectivity index (χ1v) is 3.48. The van der Waals surface area contributed by atoms with Crippen molar-refractivity contribution in [3.63, 3.8) is 0 Å². The van der Waals surface area contributed by atoms with Crippen molar-refractivity contribution in [3.8, 4) is 0 Å². The Labute approximate surface area is 66.2 Å². The van der Waals surface area contributed by atoms with Crippen LogP contribution >= 0.6 is 0 Å². The topological polar surface area (TPSA) is 119 Å². The molecule has 0 aromatic heterocycles. The van der Waals surface area contributed by atoms with Gasteiger partial charge >= 0.3 is 0 Å². The van der Waals surface area contributed by atoms with Crippen molar-refractivity contribution in [3.05, 3.63) is 0 Å². The maximum Gasteiger partial charge on any atom is 0.131 e. The summed E-state index contributed by atoms with van der Waals surface area (Å²) in [4.78, 5) is 0. The first kappa shape index (κ1) is 10.8. The van der Waals surface area contributed by atoms with Crippen LogP contribution in [0.5, 0.6) is 0 Å². The summed E-state index contributed by atoms with van der Waals surface area (Å²) >= 11 is 0. The SMILES string of the molecule is CC(N)(O)C(N)(CO)CCN. The van der Waals surface area contributed by atoms with Crippen molar-refractivity contribution >= 4 is 0 Å². The van der Waals surface area contributed by atoms with Crippen molar-refractivity contribution in [2.45, 2.75) is 24.6 Å². The van der Waals surface area contributed by atoms with E-state index in [9.17, 15) is 5.11 Å². The maximum absolute atomic E-state index is 9.30. The van der Waals surface area contributed by atoms with Crippen molar-refractivity contribution in [1.82, 2.24) is 0 Å². The molecule has 0 amide bonds. The highest BCUT2D eigenvalue weighted by atomic mass is 16.3. The Morgan fingerprint density at radius 2 is 1.82 bits per heavy atom. The molecule has 2 atom stereocenters. The smallest absolute Gasteiger partial charge is 0.131 e. The highest BCUT2D eigenvalue weighted by Crippen LogP contribution is 2.16. The number of hydrogen-bond donors (Lipinski definition) is 5. The van der Waals surface area contributed by atoms with Gasteiger partial charge in [0.15, 0.2) is 0 Å². The van der Waals surface area contributed by atoms with Crippen LogP contribution in [0, 0.1) is 0 Å². The van der Waals surface area contributed by atoms with Crippen LogP contribution in [-0.2, 0) is 0 Å². The fraction of sp³-hybridized carbons (Fsp3) is 1.00. The molecule has 5 nitrogen and oxygen atoms in total. The summed E-state index contributed by atoms with van der Waals surface area (Å²) in [6.45, 7) is 1.25. The molecule has 68 valence electrons. The van der Waals surface area contributed by atoms with Gasteiger partial charge < -0.3 is 27.4 Å². The van der Waals surface area contributed by atoms with Crippen molar-refractivity contribution in [2.75, 3.05) is 13.2 Å². The van der Waals surface area contributed by atoms with E-state index >= 15 is 0 Å². The average molecular weight is 163 g/mol. The van der Waals surface area contributed by atoms with Crippen LogP contribution in [0.3, 0.4) is 0 Å². The lowest BCUT2D eigenvalue weighted by molar-refractivity contribution is -0.0416. The Bertz CT molecular complexity index is 123. The molecule has 0 bridgehead atoms. The molecule has 0 saturated heterocycles. The molecule has 0 aliphatic rings. The van der Waals surface area contributed by atoms with Crippen LogP contribution in [0.4, 0.5) is 0 Å². The van der Waals surface area contributed by atoms with Crippen molar-refractivity contribution in [2.24, 2.45) is 17.2 Å². The van der Waals surface area contributed by atoms with E-state index in [1.807, 2.05) is 0 Å². The van der Waals surface area contributed by atoms with Gasteiger partial charge in [-0.25, -0.2) is 0 Å². The molecular formula is C6H17N3O2. The van der Waals surface area contributed by atoms with Gasteiger partial charge in [-0.1, -0.05) is 0 Å². The van der Waals surface area contributed by atoms with Gasteiger partial charge in [-0.3, -0.25) is 0 Å². The molecule has 0 rings (SSSR count). The molecule has 2 unspecified atom stereocenters. The lowest BCUT2D eigenvalue weighted by Crippen LogP contribution is -2.67. The first-order valence-electron chi connectivity index (χ1n) is 3.48. The van der Waals surface area contributed by atoms with Crippen LogP contribution in [0.2, 0.25) is 0 Å². The molecule has 8 N–H and O–H groups in total. The summed E-state index contributed by atoms with van der Waals surface area (Å²) in [6.07, 6.45) is 0.285. The van der Waals surface area contributed by atoms with Crippen molar-refractivity contribution in [1.29, 1.82) is 0 Å². The van der Waals surface area contributed by atoms with Gasteiger partial charge in [0.25, 0.3) is 0 Å². The molecule has 5 heteroatoms. The van der Waals surface area contributed by atoms with Crippen LogP contribution in [-0.4, -0.2) is 34.6 Å². The van der Waals surface area contributed by atoms with Crippen LogP contribution < -0.4 is 17.2 Å². The Hall–Kier alpha value is -0.200. The van der Waals surface area contributed by atoms with Gasteiger partial charge in [0.05, 0.1) is 12.1 Å². The number of nitrogens with two attached hydrogens (primary N) is 3. The lowest BCUT2D eigenvalue weighted by atomic mass is 9.87. The lowest BCUT2D eigenvalue weighted by Gasteiger charge is -2.37. The third kappa shape index (κ3) is 2.39. The predicted octanol–water partition coefficient (Wildman–Crippen LogP) is -2.31. The quantitative estimate of drug-likeness (QED) is 0.298. The Kier molecular flexibility index (Phi) is 3.40. The zero-order valence-corrected chi connectivity index (χ0v) is 6.75. The number of hydrogen-bond acceptors (Lipinski definition) is 5. The summed E-state index contributed by atoms with van der Waals surface area (Å²) < 4.78 is 0. The molecule has 0 aromatic carbocycles. The van der Waals surface area contributed by atoms with E-state index < -0.39 is 11.3 Å². The van der Waals surface area contributed by atoms with E-state index in [2.05, 4.69) is 0 Å². The third-order valence-electron chi connectivity index (χ3n) is 1.88. The average Bonchev–Trinajstić information content (AvgIpc) is 1.86. The minimum absolute atomic E-state index is 0.282. The van der Waals surface area contributed by atoms with Gasteiger partial charge in [0, 0.05) is 0 Å². The second-order valence-corrected chi connectivity index (χ2v) is 3.00. The number of aliphatic hydroxyl groups is 2. The molecule has 0 aromatic rings. The fourth-order valence-electron chi connectivity index (χ4n) is 0.750. The number of rotatable bonds is 4. The van der Waals surface area contributed by atoms with E-state index in [1.165, 1.54) is 6.92 Å². The summed E-state index contributed by atoms with van der Waals surface area (Å²) in [7, 11) is 0. The fourth-order valence-corrected chi connectivity index (χ4v) is 0.750. The van der Waals surface area contributed by atoms with E-state index in [0.717, 1.165) is 0 Å². The largest absolute Gasteiger partial charge is 0.394 e. The highest BCUT2D eigenvalue weighted by molar-refractivity contribution is 4.96. The summed E-state index contributed by atoms with van der Waals surface area (Å²) in [6, 6.07) is 0. The Morgan fingerprint density at radius 1 is 1.36 bits per heavy atom. The summed E-state index contributed by atoms with van der Waals surface area (Å²) in [5.74, 6) is 0. The molecule has 11 heavy (non-hydrogen) atoms. The molecule has 0 saturated carbocycles. The van der Waals surface area contributed by atoms with Gasteiger partial charge in [0.1, 0.15) is 5.72 Å². The van der Waals surface area contributed by atoms with E-state index in [-0.39, 0.29) is 19.6 Å². The minimum atomic E-state index is -1.60. The van der Waals surface area contributed by atoms with Crippen LogP contribution in [0.15, 0.2) is 0 Å². The summed E-state index contributed by atoms with van der Waals surface area (Å²) in [5.41, 5.74) is 13.3. The predicted molar refractivity (Wildman–Crippen MR) is 42.5 cm³/mol. The van der Waals surface area contributed by atoms with E-state index in [1.54, 1.807) is 0 Å². The van der Waals surface area contributed by atoms with Crippen molar-refractivity contribution < 1.29 is 10.2 Å². The van der Waals surface area contributed by atoms with Gasteiger partial charge in [0.2, 0.25) is 0 Å². The minimum Gasteiger partial charge on any atom is -0.394 e. The molecule has 0 fully saturated rings. The highest BCUT2D eigenvalue weighted by Gasteiger charge is 2.39.